The number of carboxylic acids is 1. The molecule has 0 aliphatic heterocycles. The van der Waals surface area contributed by atoms with Crippen molar-refractivity contribution in [3.8, 4) is 11.8 Å². The maximum Gasteiger partial charge on any atom is 0.311 e. The molecule has 0 aliphatic rings. The van der Waals surface area contributed by atoms with E-state index in [4.69, 9.17) is 10.00 Å². The van der Waals surface area contributed by atoms with Crippen molar-refractivity contribution in [2.75, 3.05) is 23.0 Å². The SMILES string of the molecule is CC(=O)Nc1ccccc1OCC(CS(=O)(=O)c1ccc(NC(=O)c2ccc(C#N)cc2)cc1)C(=O)O. The summed E-state index contributed by atoms with van der Waals surface area (Å²) in [6, 6.07) is 19.7. The Balaban J connectivity index is 1.67. The molecule has 0 aliphatic carbocycles. The number of carbonyl (C=O) groups excluding carboxylic acids is 2. The molecule has 0 aromatic heterocycles. The average Bonchev–Trinajstić information content (AvgIpc) is 2.87. The number of rotatable bonds is 10. The summed E-state index contributed by atoms with van der Waals surface area (Å²) in [4.78, 5) is 35.4. The highest BCUT2D eigenvalue weighted by molar-refractivity contribution is 7.91. The van der Waals surface area contributed by atoms with Crippen LogP contribution >= 0.6 is 0 Å². The Morgan fingerprint density at radius 1 is 0.973 bits per heavy atom. The van der Waals surface area contributed by atoms with Gasteiger partial charge in [0.1, 0.15) is 18.3 Å². The summed E-state index contributed by atoms with van der Waals surface area (Å²) in [5.41, 5.74) is 1.40. The lowest BCUT2D eigenvalue weighted by Crippen LogP contribution is -2.29. The van der Waals surface area contributed by atoms with E-state index in [0.717, 1.165) is 0 Å². The summed E-state index contributed by atoms with van der Waals surface area (Å²) in [6.45, 7) is 0.872. The molecule has 0 heterocycles. The number of sulfone groups is 1. The number of hydrogen-bond acceptors (Lipinski definition) is 7. The lowest BCUT2D eigenvalue weighted by atomic mass is 10.1. The molecule has 0 bridgehead atoms. The standard InChI is InChI=1S/C26H23N3O7S/c1-17(30)28-23-4-2-3-5-24(23)36-15-20(26(32)33)16-37(34,35)22-12-10-21(11-13-22)29-25(31)19-8-6-18(14-27)7-9-19/h2-13,20H,15-16H2,1H3,(H,28,30)(H,29,31)(H,32,33). The first-order chi connectivity index (χ1) is 17.6. The van der Waals surface area contributed by atoms with Crippen LogP contribution in [0.4, 0.5) is 11.4 Å². The molecule has 1 atom stereocenters. The second-order valence-corrected chi connectivity index (χ2v) is 10.0. The number of carboxylic acid groups (broad SMARTS) is 1. The first kappa shape index (κ1) is 26.9. The summed E-state index contributed by atoms with van der Waals surface area (Å²) < 4.78 is 31.3. The monoisotopic (exact) mass is 521 g/mol. The van der Waals surface area contributed by atoms with Crippen molar-refractivity contribution < 1.29 is 32.6 Å². The van der Waals surface area contributed by atoms with Crippen LogP contribution in [0.3, 0.4) is 0 Å². The summed E-state index contributed by atoms with van der Waals surface area (Å²) in [5.74, 6) is -4.03. The van der Waals surface area contributed by atoms with Gasteiger partial charge in [-0.05, 0) is 60.7 Å². The Bertz CT molecular complexity index is 1440. The summed E-state index contributed by atoms with van der Waals surface area (Å²) in [6.07, 6.45) is 0. The van der Waals surface area contributed by atoms with E-state index in [1.54, 1.807) is 18.2 Å². The Hall–Kier alpha value is -4.69. The second kappa shape index (κ2) is 11.8. The zero-order chi connectivity index (χ0) is 27.0. The van der Waals surface area contributed by atoms with Crippen LogP contribution in [0, 0.1) is 17.2 Å². The highest BCUT2D eigenvalue weighted by Crippen LogP contribution is 2.25. The minimum Gasteiger partial charge on any atom is -0.490 e. The molecule has 0 saturated carbocycles. The number of ether oxygens (including phenoxy) is 1. The highest BCUT2D eigenvalue weighted by atomic mass is 32.2. The van der Waals surface area contributed by atoms with Crippen molar-refractivity contribution in [3.05, 3.63) is 83.9 Å². The fourth-order valence-corrected chi connectivity index (χ4v) is 4.78. The molecule has 3 N–H and O–H groups in total. The number of nitriles is 1. The molecule has 190 valence electrons. The zero-order valence-electron chi connectivity index (χ0n) is 19.7. The van der Waals surface area contributed by atoms with Crippen molar-refractivity contribution in [1.82, 2.24) is 0 Å². The smallest absolute Gasteiger partial charge is 0.311 e. The quantitative estimate of drug-likeness (QED) is 0.366. The molecule has 0 radical (unpaired) electrons. The Morgan fingerprint density at radius 3 is 2.22 bits per heavy atom. The van der Waals surface area contributed by atoms with Gasteiger partial charge >= 0.3 is 5.97 Å². The van der Waals surface area contributed by atoms with Gasteiger partial charge in [-0.1, -0.05) is 12.1 Å². The number of nitrogens with zero attached hydrogens (tertiary/aromatic N) is 1. The number of nitrogens with one attached hydrogen (secondary N) is 2. The molecule has 3 aromatic carbocycles. The molecule has 3 aromatic rings. The fourth-order valence-electron chi connectivity index (χ4n) is 3.27. The number of anilines is 2. The number of amides is 2. The summed E-state index contributed by atoms with van der Waals surface area (Å²) >= 11 is 0. The van der Waals surface area contributed by atoms with Crippen LogP contribution in [0.2, 0.25) is 0 Å². The Kier molecular flexibility index (Phi) is 8.60. The van der Waals surface area contributed by atoms with Crippen LogP contribution < -0.4 is 15.4 Å². The molecule has 37 heavy (non-hydrogen) atoms. The largest absolute Gasteiger partial charge is 0.490 e. The predicted octanol–water partition coefficient (Wildman–Crippen LogP) is 3.32. The summed E-state index contributed by atoms with van der Waals surface area (Å²) in [5, 5.41) is 23.6. The van der Waals surface area contributed by atoms with Gasteiger partial charge in [0.05, 0.1) is 28.0 Å². The third kappa shape index (κ3) is 7.39. The van der Waals surface area contributed by atoms with E-state index in [-0.39, 0.29) is 16.6 Å². The van der Waals surface area contributed by atoms with Gasteiger partial charge in [-0.2, -0.15) is 5.26 Å². The van der Waals surface area contributed by atoms with Crippen molar-refractivity contribution in [3.63, 3.8) is 0 Å². The van der Waals surface area contributed by atoms with E-state index >= 15 is 0 Å². The second-order valence-electron chi connectivity index (χ2n) is 7.97. The maximum atomic E-state index is 12.9. The molecular formula is C26H23N3O7S. The van der Waals surface area contributed by atoms with Crippen LogP contribution in [0.5, 0.6) is 5.75 Å². The topological polar surface area (TPSA) is 163 Å². The number of para-hydroxylation sites is 2. The van der Waals surface area contributed by atoms with Gasteiger partial charge in [0.15, 0.2) is 9.84 Å². The zero-order valence-corrected chi connectivity index (χ0v) is 20.5. The lowest BCUT2D eigenvalue weighted by molar-refractivity contribution is -0.141. The van der Waals surface area contributed by atoms with Crippen molar-refractivity contribution in [2.45, 2.75) is 11.8 Å². The van der Waals surface area contributed by atoms with Crippen molar-refractivity contribution in [2.24, 2.45) is 5.92 Å². The molecular weight excluding hydrogens is 498 g/mol. The Morgan fingerprint density at radius 2 is 1.62 bits per heavy atom. The molecule has 0 saturated heterocycles. The van der Waals surface area contributed by atoms with Gasteiger partial charge in [-0.3, -0.25) is 14.4 Å². The number of carbonyl (C=O) groups is 3. The minimum absolute atomic E-state index is 0.117. The highest BCUT2D eigenvalue weighted by Gasteiger charge is 2.28. The van der Waals surface area contributed by atoms with E-state index < -0.39 is 40.0 Å². The van der Waals surface area contributed by atoms with Crippen LogP contribution in [-0.2, 0) is 19.4 Å². The molecule has 0 fully saturated rings. The van der Waals surface area contributed by atoms with Crippen molar-refractivity contribution >= 4 is 39.0 Å². The molecule has 3 rings (SSSR count). The van der Waals surface area contributed by atoms with Gasteiger partial charge in [0.25, 0.3) is 5.91 Å². The lowest BCUT2D eigenvalue weighted by Gasteiger charge is -2.16. The van der Waals surface area contributed by atoms with Gasteiger partial charge < -0.3 is 20.5 Å². The molecule has 1 unspecified atom stereocenters. The van der Waals surface area contributed by atoms with E-state index in [2.05, 4.69) is 10.6 Å². The predicted molar refractivity (Wildman–Crippen MR) is 135 cm³/mol. The number of aliphatic carboxylic acids is 1. The minimum atomic E-state index is -4.02. The normalized spacial score (nSPS) is 11.6. The average molecular weight is 522 g/mol. The molecule has 10 nitrogen and oxygen atoms in total. The van der Waals surface area contributed by atoms with Gasteiger partial charge in [-0.15, -0.1) is 0 Å². The third-order valence-corrected chi connectivity index (χ3v) is 6.99. The van der Waals surface area contributed by atoms with Gasteiger partial charge in [0, 0.05) is 18.2 Å². The Labute approximate surface area is 213 Å². The first-order valence-electron chi connectivity index (χ1n) is 11.0. The van der Waals surface area contributed by atoms with E-state index in [0.29, 0.717) is 22.5 Å². The maximum absolute atomic E-state index is 12.9. The number of hydrogen-bond donors (Lipinski definition) is 3. The van der Waals surface area contributed by atoms with E-state index in [1.807, 2.05) is 6.07 Å². The van der Waals surface area contributed by atoms with E-state index in [1.165, 1.54) is 61.5 Å². The number of benzene rings is 3. The fraction of sp³-hybridized carbons (Fsp3) is 0.154. The first-order valence-corrected chi connectivity index (χ1v) is 12.6. The third-order valence-electron chi connectivity index (χ3n) is 5.16. The van der Waals surface area contributed by atoms with Crippen molar-refractivity contribution in [1.29, 1.82) is 5.26 Å². The van der Waals surface area contributed by atoms with Crippen LogP contribution in [-0.4, -0.2) is 43.7 Å². The molecule has 2 amide bonds. The molecule has 11 heteroatoms. The van der Waals surface area contributed by atoms with Crippen LogP contribution in [0.1, 0.15) is 22.8 Å². The van der Waals surface area contributed by atoms with Gasteiger partial charge in [0.2, 0.25) is 5.91 Å². The van der Waals surface area contributed by atoms with Crippen LogP contribution in [0.15, 0.2) is 77.7 Å². The van der Waals surface area contributed by atoms with Gasteiger partial charge in [-0.25, -0.2) is 8.42 Å². The molecule has 0 spiro atoms. The van der Waals surface area contributed by atoms with E-state index in [9.17, 15) is 27.9 Å². The summed E-state index contributed by atoms with van der Waals surface area (Å²) in [7, 11) is -4.02. The van der Waals surface area contributed by atoms with Crippen LogP contribution in [0.25, 0.3) is 0 Å².